The summed E-state index contributed by atoms with van der Waals surface area (Å²) in [5, 5.41) is 20.6. The van der Waals surface area contributed by atoms with Gasteiger partial charge in [0.15, 0.2) is 5.84 Å². The molecule has 0 radical (unpaired) electrons. The molecule has 0 spiro atoms. The molecule has 1 fully saturated rings. The molecule has 1 saturated heterocycles. The highest BCUT2D eigenvalue weighted by atomic mass is 16.4. The zero-order valence-corrected chi connectivity index (χ0v) is 10.9. The maximum Gasteiger partial charge on any atom is 0.188 e. The number of amidine groups is 1. The van der Waals surface area contributed by atoms with E-state index in [-0.39, 0.29) is 12.4 Å². The van der Waals surface area contributed by atoms with Gasteiger partial charge in [0.2, 0.25) is 0 Å². The lowest BCUT2D eigenvalue weighted by atomic mass is 10.1. The summed E-state index contributed by atoms with van der Waals surface area (Å²) in [4.78, 5) is 6.41. The van der Waals surface area contributed by atoms with E-state index in [0.29, 0.717) is 11.6 Å². The number of hydrogen-bond acceptors (Lipinski definition) is 5. The van der Waals surface area contributed by atoms with Crippen LogP contribution in [0.4, 0.5) is 0 Å². The van der Waals surface area contributed by atoms with Crippen molar-refractivity contribution in [3.63, 3.8) is 0 Å². The van der Waals surface area contributed by atoms with Gasteiger partial charge < -0.3 is 16.0 Å². The lowest BCUT2D eigenvalue weighted by molar-refractivity contribution is 0.249. The summed E-state index contributed by atoms with van der Waals surface area (Å²) >= 11 is 0. The monoisotopic (exact) mass is 264 g/mol. The molecule has 1 unspecified atom stereocenters. The van der Waals surface area contributed by atoms with Crippen molar-refractivity contribution in [1.29, 1.82) is 0 Å². The van der Waals surface area contributed by atoms with Crippen LogP contribution in [0.1, 0.15) is 24.1 Å². The molecule has 6 nitrogen and oxygen atoms in total. The Balaban J connectivity index is 1.96. The van der Waals surface area contributed by atoms with Crippen LogP contribution in [0.3, 0.4) is 0 Å². The normalized spacial score (nSPS) is 20.9. The first-order valence-corrected chi connectivity index (χ1v) is 6.49. The third-order valence-corrected chi connectivity index (χ3v) is 3.51. The van der Waals surface area contributed by atoms with E-state index >= 15 is 0 Å². The minimum Gasteiger partial charge on any atom is -0.409 e. The molecule has 104 valence electrons. The molecule has 0 aromatic carbocycles. The van der Waals surface area contributed by atoms with E-state index in [9.17, 15) is 0 Å². The molecule has 2 heterocycles. The van der Waals surface area contributed by atoms with E-state index in [0.717, 1.165) is 38.0 Å². The summed E-state index contributed by atoms with van der Waals surface area (Å²) in [6.07, 6.45) is 3.69. The van der Waals surface area contributed by atoms with E-state index in [4.69, 9.17) is 16.0 Å². The first-order valence-electron chi connectivity index (χ1n) is 6.49. The highest BCUT2D eigenvalue weighted by Gasteiger charge is 2.21. The third-order valence-electron chi connectivity index (χ3n) is 3.51. The van der Waals surface area contributed by atoms with Crippen molar-refractivity contribution in [2.45, 2.75) is 19.4 Å². The number of aliphatic hydroxyl groups is 1. The Morgan fingerprint density at radius 3 is 3.16 bits per heavy atom. The van der Waals surface area contributed by atoms with Gasteiger partial charge in [-0.15, -0.1) is 0 Å². The van der Waals surface area contributed by atoms with Crippen LogP contribution in [0.25, 0.3) is 0 Å². The molecule has 0 saturated carbocycles. The highest BCUT2D eigenvalue weighted by Crippen LogP contribution is 2.21. The van der Waals surface area contributed by atoms with Crippen LogP contribution in [0.5, 0.6) is 0 Å². The number of oxime groups is 1. The van der Waals surface area contributed by atoms with Crippen LogP contribution in [0, 0.1) is 5.92 Å². The molecule has 6 heteroatoms. The topological polar surface area (TPSA) is 95.0 Å². The Kier molecular flexibility index (Phi) is 4.70. The van der Waals surface area contributed by atoms with Gasteiger partial charge in [0, 0.05) is 25.9 Å². The van der Waals surface area contributed by atoms with Crippen LogP contribution >= 0.6 is 0 Å². The summed E-state index contributed by atoms with van der Waals surface area (Å²) in [7, 11) is 0. The summed E-state index contributed by atoms with van der Waals surface area (Å²) < 4.78 is 0. The van der Waals surface area contributed by atoms with Crippen molar-refractivity contribution in [2.24, 2.45) is 16.8 Å². The second-order valence-corrected chi connectivity index (χ2v) is 4.94. The van der Waals surface area contributed by atoms with Gasteiger partial charge >= 0.3 is 0 Å². The fourth-order valence-electron chi connectivity index (χ4n) is 2.50. The second kappa shape index (κ2) is 6.49. The van der Waals surface area contributed by atoms with Crippen LogP contribution < -0.4 is 5.73 Å². The average Bonchev–Trinajstić information content (AvgIpc) is 2.86. The molecule has 4 N–H and O–H groups in total. The molecule has 1 aromatic rings. The van der Waals surface area contributed by atoms with E-state index in [1.165, 1.54) is 0 Å². The Hall–Kier alpha value is -1.66. The second-order valence-electron chi connectivity index (χ2n) is 4.94. The van der Waals surface area contributed by atoms with Crippen molar-refractivity contribution in [2.75, 3.05) is 19.7 Å². The molecule has 0 aliphatic carbocycles. The van der Waals surface area contributed by atoms with E-state index in [1.807, 2.05) is 12.1 Å². The Morgan fingerprint density at radius 2 is 2.42 bits per heavy atom. The number of likely N-dealkylation sites (tertiary alicyclic amines) is 1. The first kappa shape index (κ1) is 13.8. The number of hydrogen-bond donors (Lipinski definition) is 3. The number of nitrogens with zero attached hydrogens (tertiary/aromatic N) is 3. The minimum atomic E-state index is 0.0291. The number of rotatable bonds is 5. The zero-order chi connectivity index (χ0) is 13.7. The quantitative estimate of drug-likeness (QED) is 0.309. The van der Waals surface area contributed by atoms with E-state index in [2.05, 4.69) is 15.0 Å². The van der Waals surface area contributed by atoms with Gasteiger partial charge in [-0.3, -0.25) is 9.88 Å². The van der Waals surface area contributed by atoms with Gasteiger partial charge in [-0.1, -0.05) is 5.16 Å². The fraction of sp³-hybridized carbons (Fsp3) is 0.538. The van der Waals surface area contributed by atoms with Gasteiger partial charge in [-0.25, -0.2) is 0 Å². The van der Waals surface area contributed by atoms with Gasteiger partial charge in [0.25, 0.3) is 0 Å². The minimum absolute atomic E-state index is 0.0291. The molecule has 0 bridgehead atoms. The maximum atomic E-state index is 8.95. The van der Waals surface area contributed by atoms with E-state index < -0.39 is 0 Å². The molecule has 1 aromatic heterocycles. The predicted octanol–water partition coefficient (Wildman–Crippen LogP) is 0.380. The predicted molar refractivity (Wildman–Crippen MR) is 71.8 cm³/mol. The zero-order valence-electron chi connectivity index (χ0n) is 10.9. The lowest BCUT2D eigenvalue weighted by Gasteiger charge is -2.16. The van der Waals surface area contributed by atoms with Crippen molar-refractivity contribution < 1.29 is 10.3 Å². The molecule has 0 amide bonds. The summed E-state index contributed by atoms with van der Waals surface area (Å²) in [5.74, 6) is 0.622. The maximum absolute atomic E-state index is 8.95. The molecule has 1 aliphatic heterocycles. The SMILES string of the molecule is N/C(=N/O)c1cc(CN2CCC(CCO)C2)ccn1. The summed E-state index contributed by atoms with van der Waals surface area (Å²) in [6, 6.07) is 3.78. The number of aliphatic hydroxyl groups excluding tert-OH is 1. The van der Waals surface area contributed by atoms with Gasteiger partial charge in [-0.2, -0.15) is 0 Å². The smallest absolute Gasteiger partial charge is 0.188 e. The van der Waals surface area contributed by atoms with Gasteiger partial charge in [0.05, 0.1) is 0 Å². The lowest BCUT2D eigenvalue weighted by Crippen LogP contribution is -2.21. The van der Waals surface area contributed by atoms with Crippen LogP contribution in [0.2, 0.25) is 0 Å². The van der Waals surface area contributed by atoms with Crippen molar-refractivity contribution >= 4 is 5.84 Å². The Labute approximate surface area is 112 Å². The van der Waals surface area contributed by atoms with E-state index in [1.54, 1.807) is 6.20 Å². The average molecular weight is 264 g/mol. The molecule has 1 aliphatic rings. The van der Waals surface area contributed by atoms with Crippen molar-refractivity contribution in [3.8, 4) is 0 Å². The van der Waals surface area contributed by atoms with Gasteiger partial charge in [0.1, 0.15) is 5.69 Å². The molecular formula is C13H20N4O2. The fourth-order valence-corrected chi connectivity index (χ4v) is 2.50. The highest BCUT2D eigenvalue weighted by molar-refractivity contribution is 5.95. The number of aromatic nitrogens is 1. The van der Waals surface area contributed by atoms with Gasteiger partial charge in [-0.05, 0) is 43.0 Å². The molecule has 19 heavy (non-hydrogen) atoms. The summed E-state index contributed by atoms with van der Waals surface area (Å²) in [5.41, 5.74) is 7.12. The van der Waals surface area contributed by atoms with Crippen LogP contribution in [-0.2, 0) is 6.54 Å². The third kappa shape index (κ3) is 3.65. The molecule has 1 atom stereocenters. The van der Waals surface area contributed by atoms with Crippen LogP contribution in [0.15, 0.2) is 23.5 Å². The van der Waals surface area contributed by atoms with Crippen molar-refractivity contribution in [3.05, 3.63) is 29.6 Å². The summed E-state index contributed by atoms with van der Waals surface area (Å²) in [6.45, 7) is 3.16. The van der Waals surface area contributed by atoms with Crippen LogP contribution in [-0.4, -0.2) is 45.7 Å². The largest absolute Gasteiger partial charge is 0.409 e. The van der Waals surface area contributed by atoms with Crippen molar-refractivity contribution in [1.82, 2.24) is 9.88 Å². The standard InChI is InChI=1S/C13H20N4O2/c14-13(16-19)12-7-11(1-4-15-12)9-17-5-2-10(8-17)3-6-18/h1,4,7,10,18-19H,2-3,5-6,8-9H2,(H2,14,16). The molecular weight excluding hydrogens is 244 g/mol. The Bertz CT molecular complexity index is 450. The molecule has 2 rings (SSSR count). The first-order chi connectivity index (χ1) is 9.22. The number of nitrogens with two attached hydrogens (primary N) is 1. The number of pyridine rings is 1. The Morgan fingerprint density at radius 1 is 1.58 bits per heavy atom.